The molecule has 0 saturated heterocycles. The summed E-state index contributed by atoms with van der Waals surface area (Å²) in [6, 6.07) is 2.17. The molecule has 0 fully saturated rings. The van der Waals surface area contributed by atoms with Crippen LogP contribution in [0.5, 0.6) is 5.88 Å². The SMILES string of the molecule is CCNC(=NCCCCSC)NCCOc1ccc(C(F)(F)F)cn1.I. The number of unbranched alkanes of at least 4 members (excludes halogenated alkanes) is 1. The van der Waals surface area contributed by atoms with Crippen molar-refractivity contribution in [2.75, 3.05) is 38.2 Å². The van der Waals surface area contributed by atoms with Gasteiger partial charge in [-0.25, -0.2) is 4.98 Å². The molecule has 5 nitrogen and oxygen atoms in total. The first-order valence-corrected chi connectivity index (χ1v) is 9.54. The number of pyridine rings is 1. The number of rotatable bonds is 10. The lowest BCUT2D eigenvalue weighted by Gasteiger charge is -2.12. The largest absolute Gasteiger partial charge is 0.476 e. The van der Waals surface area contributed by atoms with Crippen LogP contribution in [0.25, 0.3) is 0 Å². The highest BCUT2D eigenvalue weighted by molar-refractivity contribution is 14.0. The first-order valence-electron chi connectivity index (χ1n) is 8.14. The van der Waals surface area contributed by atoms with E-state index in [1.807, 2.05) is 18.7 Å². The van der Waals surface area contributed by atoms with E-state index < -0.39 is 11.7 Å². The van der Waals surface area contributed by atoms with Crippen LogP contribution in [0.3, 0.4) is 0 Å². The zero-order chi connectivity index (χ0) is 18.5. The molecule has 0 spiro atoms. The lowest BCUT2D eigenvalue weighted by atomic mass is 10.3. The lowest BCUT2D eigenvalue weighted by molar-refractivity contribution is -0.137. The second-order valence-corrected chi connectivity index (χ2v) is 6.10. The van der Waals surface area contributed by atoms with Crippen LogP contribution in [-0.2, 0) is 6.18 Å². The molecule has 0 aliphatic rings. The Kier molecular flexibility index (Phi) is 13.7. The maximum absolute atomic E-state index is 12.4. The van der Waals surface area contributed by atoms with Gasteiger partial charge in [-0.1, -0.05) is 0 Å². The van der Waals surface area contributed by atoms with Crippen LogP contribution in [0.4, 0.5) is 13.2 Å². The monoisotopic (exact) mass is 506 g/mol. The fraction of sp³-hybridized carbons (Fsp3) is 0.625. The number of nitrogens with one attached hydrogen (secondary N) is 2. The molecule has 150 valence electrons. The number of guanidine groups is 1. The minimum Gasteiger partial charge on any atom is -0.476 e. The van der Waals surface area contributed by atoms with Crippen molar-refractivity contribution in [1.82, 2.24) is 15.6 Å². The second-order valence-electron chi connectivity index (χ2n) is 5.12. The first-order chi connectivity index (χ1) is 12.0. The molecular formula is C16H26F3IN4OS. The maximum atomic E-state index is 12.4. The molecule has 1 aromatic rings. The number of thioether (sulfide) groups is 1. The molecule has 1 heterocycles. The van der Waals surface area contributed by atoms with Crippen molar-refractivity contribution >= 4 is 41.7 Å². The van der Waals surface area contributed by atoms with Crippen molar-refractivity contribution in [2.45, 2.75) is 25.9 Å². The molecule has 0 amide bonds. The Morgan fingerprint density at radius 1 is 1.27 bits per heavy atom. The van der Waals surface area contributed by atoms with Gasteiger partial charge in [-0.2, -0.15) is 24.9 Å². The highest BCUT2D eigenvalue weighted by atomic mass is 127. The highest BCUT2D eigenvalue weighted by Crippen LogP contribution is 2.29. The molecule has 1 aromatic heterocycles. The van der Waals surface area contributed by atoms with Gasteiger partial charge in [0.1, 0.15) is 6.61 Å². The minimum absolute atomic E-state index is 0. The van der Waals surface area contributed by atoms with Crippen molar-refractivity contribution < 1.29 is 17.9 Å². The summed E-state index contributed by atoms with van der Waals surface area (Å²) in [5.41, 5.74) is -0.791. The Balaban J connectivity index is 0.00000625. The molecule has 0 aliphatic carbocycles. The van der Waals surface area contributed by atoms with Gasteiger partial charge in [0.15, 0.2) is 5.96 Å². The summed E-state index contributed by atoms with van der Waals surface area (Å²) in [5.74, 6) is 2.00. The van der Waals surface area contributed by atoms with Crippen molar-refractivity contribution in [2.24, 2.45) is 4.99 Å². The van der Waals surface area contributed by atoms with E-state index in [2.05, 4.69) is 26.9 Å². The topological polar surface area (TPSA) is 58.5 Å². The van der Waals surface area contributed by atoms with E-state index in [1.54, 1.807) is 0 Å². The number of nitrogens with zero attached hydrogens (tertiary/aromatic N) is 2. The molecule has 0 atom stereocenters. The van der Waals surface area contributed by atoms with Crippen LogP contribution in [-0.4, -0.2) is 49.2 Å². The maximum Gasteiger partial charge on any atom is 0.417 e. The standard InChI is InChI=1S/C16H25F3N4OS.HI/c1-3-20-15(21-8-4-5-11-25-2)22-9-10-24-14-7-6-13(12-23-14)16(17,18)19;/h6-7,12H,3-5,8-11H2,1-2H3,(H2,20,21,22);1H. The molecule has 10 heteroatoms. The molecule has 0 bridgehead atoms. The lowest BCUT2D eigenvalue weighted by Crippen LogP contribution is -2.39. The quantitative estimate of drug-likeness (QED) is 0.219. The molecule has 1 rings (SSSR count). The van der Waals surface area contributed by atoms with Crippen LogP contribution < -0.4 is 15.4 Å². The molecule has 0 aromatic carbocycles. The van der Waals surface area contributed by atoms with Gasteiger partial charge in [0, 0.05) is 25.4 Å². The van der Waals surface area contributed by atoms with E-state index in [0.717, 1.165) is 43.9 Å². The molecule has 0 aliphatic heterocycles. The number of hydrogen-bond donors (Lipinski definition) is 2. The van der Waals surface area contributed by atoms with Crippen molar-refractivity contribution in [3.8, 4) is 5.88 Å². The van der Waals surface area contributed by atoms with Gasteiger partial charge >= 0.3 is 6.18 Å². The molecule has 2 N–H and O–H groups in total. The smallest absolute Gasteiger partial charge is 0.417 e. The fourth-order valence-electron chi connectivity index (χ4n) is 1.85. The Labute approximate surface area is 174 Å². The third kappa shape index (κ3) is 10.9. The summed E-state index contributed by atoms with van der Waals surface area (Å²) in [7, 11) is 0. The van der Waals surface area contributed by atoms with Crippen LogP contribution in [0.1, 0.15) is 25.3 Å². The van der Waals surface area contributed by atoms with Gasteiger partial charge in [0.25, 0.3) is 0 Å². The van der Waals surface area contributed by atoms with E-state index in [-0.39, 0.29) is 36.5 Å². The number of hydrogen-bond acceptors (Lipinski definition) is 4. The van der Waals surface area contributed by atoms with Crippen LogP contribution in [0.2, 0.25) is 0 Å². The van der Waals surface area contributed by atoms with E-state index in [9.17, 15) is 13.2 Å². The summed E-state index contributed by atoms with van der Waals surface area (Å²) in [6.45, 7) is 4.22. The van der Waals surface area contributed by atoms with Crippen molar-refractivity contribution in [3.63, 3.8) is 0 Å². The molecule has 0 saturated carbocycles. The molecule has 0 unspecified atom stereocenters. The van der Waals surface area contributed by atoms with Crippen molar-refractivity contribution in [1.29, 1.82) is 0 Å². The zero-order valence-electron chi connectivity index (χ0n) is 14.9. The Morgan fingerprint density at radius 2 is 2.04 bits per heavy atom. The van der Waals surface area contributed by atoms with E-state index >= 15 is 0 Å². The Morgan fingerprint density at radius 3 is 2.62 bits per heavy atom. The number of halogens is 4. The molecular weight excluding hydrogens is 480 g/mol. The highest BCUT2D eigenvalue weighted by Gasteiger charge is 2.30. The second kappa shape index (κ2) is 14.2. The average molecular weight is 506 g/mol. The van der Waals surface area contributed by atoms with Crippen LogP contribution >= 0.6 is 35.7 Å². The summed E-state index contributed by atoms with van der Waals surface area (Å²) < 4.78 is 42.7. The van der Waals surface area contributed by atoms with Gasteiger partial charge < -0.3 is 15.4 Å². The first kappa shape index (κ1) is 25.1. The van der Waals surface area contributed by atoms with E-state index in [4.69, 9.17) is 4.74 Å². The predicted octanol–water partition coefficient (Wildman–Crippen LogP) is 3.80. The number of ether oxygens (including phenoxy) is 1. The third-order valence-corrected chi connectivity index (χ3v) is 3.78. The van der Waals surface area contributed by atoms with Gasteiger partial charge in [0.05, 0.1) is 12.1 Å². The Bertz CT molecular complexity index is 515. The predicted molar refractivity (Wildman–Crippen MR) is 112 cm³/mol. The van der Waals surface area contributed by atoms with Gasteiger partial charge in [-0.15, -0.1) is 24.0 Å². The normalized spacial score (nSPS) is 11.7. The summed E-state index contributed by atoms with van der Waals surface area (Å²) in [4.78, 5) is 8.12. The molecule has 26 heavy (non-hydrogen) atoms. The molecule has 0 radical (unpaired) electrons. The fourth-order valence-corrected chi connectivity index (χ4v) is 2.34. The third-order valence-electron chi connectivity index (χ3n) is 3.08. The zero-order valence-corrected chi connectivity index (χ0v) is 18.1. The van der Waals surface area contributed by atoms with E-state index in [0.29, 0.717) is 12.5 Å². The van der Waals surface area contributed by atoms with Gasteiger partial charge in [-0.3, -0.25) is 4.99 Å². The van der Waals surface area contributed by atoms with Crippen molar-refractivity contribution in [3.05, 3.63) is 23.9 Å². The van der Waals surface area contributed by atoms with Gasteiger partial charge in [0.2, 0.25) is 5.88 Å². The minimum atomic E-state index is -4.39. The number of alkyl halides is 3. The number of aliphatic imine (C=N–C) groups is 1. The summed E-state index contributed by atoms with van der Waals surface area (Å²) >= 11 is 1.82. The van der Waals surface area contributed by atoms with Gasteiger partial charge in [-0.05, 0) is 37.8 Å². The number of aromatic nitrogens is 1. The Hall–Kier alpha value is -0.910. The average Bonchev–Trinajstić information content (AvgIpc) is 2.58. The summed E-state index contributed by atoms with van der Waals surface area (Å²) in [5, 5.41) is 6.25. The van der Waals surface area contributed by atoms with Crippen LogP contribution in [0, 0.1) is 0 Å². The van der Waals surface area contributed by atoms with E-state index in [1.165, 1.54) is 6.07 Å². The van der Waals surface area contributed by atoms with Crippen LogP contribution in [0.15, 0.2) is 23.3 Å². The summed E-state index contributed by atoms with van der Waals surface area (Å²) in [6.07, 6.45) is 0.625.